The van der Waals surface area contributed by atoms with Crippen LogP contribution in [0, 0.1) is 20.8 Å². The van der Waals surface area contributed by atoms with Crippen LogP contribution >= 0.6 is 0 Å². The largest absolute Gasteiger partial charge is 0.350 e. The maximum atomic E-state index is 3.57. The average Bonchev–Trinajstić information content (AvgIpc) is 3.11. The van der Waals surface area contributed by atoms with Gasteiger partial charge in [-0.1, -0.05) is 17.7 Å². The van der Waals surface area contributed by atoms with Crippen LogP contribution in [-0.2, 0) is 13.1 Å². The molecule has 1 heterocycles. The zero-order valence-corrected chi connectivity index (χ0v) is 12.7. The van der Waals surface area contributed by atoms with Crippen LogP contribution in [0.4, 0.5) is 0 Å². The Morgan fingerprint density at radius 3 is 2.50 bits per heavy atom. The molecule has 0 unspecified atom stereocenters. The second-order valence-corrected chi connectivity index (χ2v) is 6.22. The van der Waals surface area contributed by atoms with Gasteiger partial charge in [0.25, 0.3) is 0 Å². The van der Waals surface area contributed by atoms with Gasteiger partial charge in [-0.25, -0.2) is 0 Å². The molecule has 1 aliphatic carbocycles. The monoisotopic (exact) mass is 268 g/mol. The van der Waals surface area contributed by atoms with Crippen molar-refractivity contribution in [3.63, 3.8) is 0 Å². The van der Waals surface area contributed by atoms with Crippen LogP contribution in [0.2, 0.25) is 0 Å². The van der Waals surface area contributed by atoms with E-state index in [1.54, 1.807) is 0 Å². The van der Waals surface area contributed by atoms with Crippen LogP contribution in [0.3, 0.4) is 0 Å². The Morgan fingerprint density at radius 2 is 1.85 bits per heavy atom. The SMILES string of the molecule is Cc1cc(C)c(Cn2ccc(CNC3CC3)c2)c(C)c1. The highest BCUT2D eigenvalue weighted by atomic mass is 15.0. The molecular weight excluding hydrogens is 244 g/mol. The zero-order valence-electron chi connectivity index (χ0n) is 12.7. The first kappa shape index (κ1) is 13.4. The second kappa shape index (κ2) is 5.45. The molecule has 2 aromatic rings. The Bertz CT molecular complexity index is 583. The molecule has 0 aliphatic heterocycles. The summed E-state index contributed by atoms with van der Waals surface area (Å²) in [7, 11) is 0. The lowest BCUT2D eigenvalue weighted by atomic mass is 10.00. The van der Waals surface area contributed by atoms with Crippen LogP contribution in [0.5, 0.6) is 0 Å². The number of aryl methyl sites for hydroxylation is 3. The van der Waals surface area contributed by atoms with Gasteiger partial charge >= 0.3 is 0 Å². The summed E-state index contributed by atoms with van der Waals surface area (Å²) in [6, 6.07) is 7.57. The van der Waals surface area contributed by atoms with Crippen molar-refractivity contribution in [2.45, 2.75) is 52.7 Å². The highest BCUT2D eigenvalue weighted by Crippen LogP contribution is 2.20. The molecule has 1 aromatic heterocycles. The quantitative estimate of drug-likeness (QED) is 0.874. The van der Waals surface area contributed by atoms with Crippen molar-refractivity contribution in [2.24, 2.45) is 0 Å². The lowest BCUT2D eigenvalue weighted by molar-refractivity contribution is 0.684. The predicted molar refractivity (Wildman–Crippen MR) is 84.0 cm³/mol. The summed E-state index contributed by atoms with van der Waals surface area (Å²) in [6.45, 7) is 8.58. The van der Waals surface area contributed by atoms with Crippen LogP contribution in [0.15, 0.2) is 30.6 Å². The molecule has 0 bridgehead atoms. The van der Waals surface area contributed by atoms with Gasteiger partial charge in [0.2, 0.25) is 0 Å². The van der Waals surface area contributed by atoms with Gasteiger partial charge < -0.3 is 9.88 Å². The van der Waals surface area contributed by atoms with Crippen molar-refractivity contribution in [3.8, 4) is 0 Å². The number of nitrogens with one attached hydrogen (secondary N) is 1. The van der Waals surface area contributed by atoms with Crippen molar-refractivity contribution in [2.75, 3.05) is 0 Å². The highest BCUT2D eigenvalue weighted by Gasteiger charge is 2.19. The third-order valence-electron chi connectivity index (χ3n) is 4.17. The fraction of sp³-hybridized carbons (Fsp3) is 0.444. The summed E-state index contributed by atoms with van der Waals surface area (Å²) in [4.78, 5) is 0. The number of hydrogen-bond donors (Lipinski definition) is 1. The summed E-state index contributed by atoms with van der Waals surface area (Å²) in [5, 5.41) is 3.57. The fourth-order valence-corrected chi connectivity index (χ4v) is 2.88. The minimum absolute atomic E-state index is 0.778. The van der Waals surface area contributed by atoms with Crippen LogP contribution in [-0.4, -0.2) is 10.6 Å². The van der Waals surface area contributed by atoms with Crippen molar-refractivity contribution < 1.29 is 0 Å². The van der Waals surface area contributed by atoms with E-state index >= 15 is 0 Å². The fourth-order valence-electron chi connectivity index (χ4n) is 2.88. The zero-order chi connectivity index (χ0) is 14.1. The Kier molecular flexibility index (Phi) is 3.66. The normalized spacial score (nSPS) is 14.8. The van der Waals surface area contributed by atoms with Gasteiger partial charge in [0.05, 0.1) is 0 Å². The second-order valence-electron chi connectivity index (χ2n) is 6.22. The molecule has 3 rings (SSSR count). The summed E-state index contributed by atoms with van der Waals surface area (Å²) >= 11 is 0. The molecule has 2 heteroatoms. The van der Waals surface area contributed by atoms with E-state index in [-0.39, 0.29) is 0 Å². The Morgan fingerprint density at radius 1 is 1.15 bits per heavy atom. The van der Waals surface area contributed by atoms with E-state index in [0.29, 0.717) is 0 Å². The lowest BCUT2D eigenvalue weighted by Gasteiger charge is -2.12. The van der Waals surface area contributed by atoms with Crippen molar-refractivity contribution in [1.82, 2.24) is 9.88 Å². The molecule has 20 heavy (non-hydrogen) atoms. The van der Waals surface area contributed by atoms with E-state index in [4.69, 9.17) is 0 Å². The molecule has 1 aliphatic rings. The van der Waals surface area contributed by atoms with E-state index in [1.807, 2.05) is 0 Å². The molecule has 0 spiro atoms. The number of nitrogens with zero attached hydrogens (tertiary/aromatic N) is 1. The number of aromatic nitrogens is 1. The van der Waals surface area contributed by atoms with Crippen molar-refractivity contribution in [1.29, 1.82) is 0 Å². The van der Waals surface area contributed by atoms with Crippen molar-refractivity contribution >= 4 is 0 Å². The first-order valence-electron chi connectivity index (χ1n) is 7.56. The minimum Gasteiger partial charge on any atom is -0.350 e. The molecule has 0 atom stereocenters. The smallest absolute Gasteiger partial charge is 0.0475 e. The first-order chi connectivity index (χ1) is 9.61. The maximum absolute atomic E-state index is 3.57. The molecule has 2 nitrogen and oxygen atoms in total. The molecule has 0 amide bonds. The topological polar surface area (TPSA) is 17.0 Å². The maximum Gasteiger partial charge on any atom is 0.0475 e. The summed E-state index contributed by atoms with van der Waals surface area (Å²) in [6.07, 6.45) is 7.17. The van der Waals surface area contributed by atoms with E-state index < -0.39 is 0 Å². The van der Waals surface area contributed by atoms with E-state index in [2.05, 4.69) is 61.2 Å². The molecule has 1 aromatic carbocycles. The third kappa shape index (κ3) is 3.13. The number of benzene rings is 1. The minimum atomic E-state index is 0.778. The van der Waals surface area contributed by atoms with Gasteiger partial charge in [0.15, 0.2) is 0 Å². The molecule has 1 fully saturated rings. The average molecular weight is 268 g/mol. The standard InChI is InChI=1S/C18H24N2/c1-13-8-14(2)18(15(3)9-13)12-20-7-6-16(11-20)10-19-17-4-5-17/h6-9,11,17,19H,4-5,10,12H2,1-3H3. The van der Waals surface area contributed by atoms with Crippen LogP contribution in [0.1, 0.15) is 40.7 Å². The van der Waals surface area contributed by atoms with Gasteiger partial charge in [0, 0.05) is 31.5 Å². The van der Waals surface area contributed by atoms with Gasteiger partial charge in [-0.2, -0.15) is 0 Å². The van der Waals surface area contributed by atoms with E-state index in [9.17, 15) is 0 Å². The van der Waals surface area contributed by atoms with E-state index in [1.165, 1.54) is 40.7 Å². The van der Waals surface area contributed by atoms with Crippen LogP contribution < -0.4 is 5.32 Å². The summed E-state index contributed by atoms with van der Waals surface area (Å²) in [5.74, 6) is 0. The van der Waals surface area contributed by atoms with E-state index in [0.717, 1.165) is 19.1 Å². The van der Waals surface area contributed by atoms with Gasteiger partial charge in [-0.3, -0.25) is 0 Å². The molecule has 106 valence electrons. The number of rotatable bonds is 5. The first-order valence-corrected chi connectivity index (χ1v) is 7.56. The highest BCUT2D eigenvalue weighted by molar-refractivity contribution is 5.37. The van der Waals surface area contributed by atoms with Gasteiger partial charge in [-0.05, 0) is 61.9 Å². The Hall–Kier alpha value is -1.54. The van der Waals surface area contributed by atoms with Gasteiger partial charge in [0.1, 0.15) is 0 Å². The third-order valence-corrected chi connectivity index (χ3v) is 4.17. The molecule has 1 saturated carbocycles. The summed E-state index contributed by atoms with van der Waals surface area (Å²) < 4.78 is 2.30. The molecule has 0 radical (unpaired) electrons. The molecule has 0 saturated heterocycles. The summed E-state index contributed by atoms with van der Waals surface area (Å²) in [5.41, 5.74) is 6.99. The lowest BCUT2D eigenvalue weighted by Crippen LogP contribution is -2.14. The number of hydrogen-bond acceptors (Lipinski definition) is 1. The van der Waals surface area contributed by atoms with Crippen LogP contribution in [0.25, 0.3) is 0 Å². The predicted octanol–water partition coefficient (Wildman–Crippen LogP) is 3.71. The van der Waals surface area contributed by atoms with Crippen molar-refractivity contribution in [3.05, 3.63) is 58.4 Å². The Labute approximate surface area is 121 Å². The van der Waals surface area contributed by atoms with Gasteiger partial charge in [-0.15, -0.1) is 0 Å². The Balaban J connectivity index is 1.70. The molecule has 1 N–H and O–H groups in total. The molecular formula is C18H24N2.